The van der Waals surface area contributed by atoms with Crippen LogP contribution >= 0.6 is 0 Å². The molecule has 0 spiro atoms. The molecule has 0 radical (unpaired) electrons. The van der Waals surface area contributed by atoms with Gasteiger partial charge in [0, 0.05) is 17.5 Å². The van der Waals surface area contributed by atoms with E-state index in [9.17, 15) is 5.11 Å². The number of benzene rings is 1. The number of furan rings is 1. The van der Waals surface area contributed by atoms with Gasteiger partial charge in [0.2, 0.25) is 0 Å². The van der Waals surface area contributed by atoms with Gasteiger partial charge in [-0.2, -0.15) is 0 Å². The SMILES string of the molecule is CCCNCC(O)c1oc2ccccc2c1C. The monoisotopic (exact) mass is 233 g/mol. The van der Waals surface area contributed by atoms with Crippen molar-refractivity contribution in [2.75, 3.05) is 13.1 Å². The van der Waals surface area contributed by atoms with Gasteiger partial charge in [-0.05, 0) is 26.0 Å². The van der Waals surface area contributed by atoms with E-state index in [-0.39, 0.29) is 0 Å². The van der Waals surface area contributed by atoms with Crippen LogP contribution in [0.5, 0.6) is 0 Å². The summed E-state index contributed by atoms with van der Waals surface area (Å²) in [6, 6.07) is 7.87. The first-order chi connectivity index (χ1) is 8.24. The molecule has 3 heteroatoms. The lowest BCUT2D eigenvalue weighted by atomic mass is 10.1. The molecular weight excluding hydrogens is 214 g/mol. The van der Waals surface area contributed by atoms with Gasteiger partial charge >= 0.3 is 0 Å². The molecule has 0 saturated carbocycles. The second kappa shape index (κ2) is 5.34. The molecule has 1 heterocycles. The zero-order chi connectivity index (χ0) is 12.3. The average molecular weight is 233 g/mol. The van der Waals surface area contributed by atoms with Crippen LogP contribution in [0.15, 0.2) is 28.7 Å². The van der Waals surface area contributed by atoms with Gasteiger partial charge in [0.25, 0.3) is 0 Å². The minimum absolute atomic E-state index is 0.536. The van der Waals surface area contributed by atoms with Crippen LogP contribution in [0.4, 0.5) is 0 Å². The van der Waals surface area contributed by atoms with E-state index in [1.807, 2.05) is 31.2 Å². The molecule has 0 aliphatic heterocycles. The highest BCUT2D eigenvalue weighted by Crippen LogP contribution is 2.28. The average Bonchev–Trinajstić information content (AvgIpc) is 2.68. The minimum Gasteiger partial charge on any atom is -0.458 e. The molecule has 0 fully saturated rings. The Hall–Kier alpha value is -1.32. The molecule has 1 unspecified atom stereocenters. The lowest BCUT2D eigenvalue weighted by molar-refractivity contribution is 0.149. The number of hydrogen-bond donors (Lipinski definition) is 2. The largest absolute Gasteiger partial charge is 0.458 e. The summed E-state index contributed by atoms with van der Waals surface area (Å²) in [7, 11) is 0. The van der Waals surface area contributed by atoms with E-state index in [1.165, 1.54) is 0 Å². The van der Waals surface area contributed by atoms with Crippen LogP contribution in [0.25, 0.3) is 11.0 Å². The molecule has 92 valence electrons. The molecule has 0 saturated heterocycles. The molecule has 2 rings (SSSR count). The summed E-state index contributed by atoms with van der Waals surface area (Å²) >= 11 is 0. The lowest BCUT2D eigenvalue weighted by Gasteiger charge is -2.09. The summed E-state index contributed by atoms with van der Waals surface area (Å²) in [5.41, 5.74) is 1.88. The summed E-state index contributed by atoms with van der Waals surface area (Å²) < 4.78 is 5.70. The third-order valence-corrected chi connectivity index (χ3v) is 2.95. The Bertz CT molecular complexity index is 490. The number of aliphatic hydroxyl groups excluding tert-OH is 1. The van der Waals surface area contributed by atoms with Crippen molar-refractivity contribution < 1.29 is 9.52 Å². The number of para-hydroxylation sites is 1. The highest BCUT2D eigenvalue weighted by atomic mass is 16.4. The van der Waals surface area contributed by atoms with Gasteiger partial charge in [-0.3, -0.25) is 0 Å². The second-order valence-electron chi connectivity index (χ2n) is 4.31. The Morgan fingerprint density at radius 1 is 1.35 bits per heavy atom. The molecule has 1 atom stereocenters. The minimum atomic E-state index is -0.575. The van der Waals surface area contributed by atoms with E-state index in [0.717, 1.165) is 29.5 Å². The molecule has 0 aliphatic rings. The third kappa shape index (κ3) is 2.51. The molecular formula is C14H19NO2. The van der Waals surface area contributed by atoms with Crippen LogP contribution in [0.1, 0.15) is 30.8 Å². The van der Waals surface area contributed by atoms with Crippen LogP contribution in [0.2, 0.25) is 0 Å². The molecule has 1 aromatic heterocycles. The van der Waals surface area contributed by atoms with Gasteiger partial charge < -0.3 is 14.8 Å². The fraction of sp³-hybridized carbons (Fsp3) is 0.429. The maximum Gasteiger partial charge on any atom is 0.138 e. The first kappa shape index (κ1) is 12.1. The predicted octanol–water partition coefficient (Wildman–Crippen LogP) is 2.77. The first-order valence-electron chi connectivity index (χ1n) is 6.10. The van der Waals surface area contributed by atoms with E-state index in [1.54, 1.807) is 0 Å². The zero-order valence-corrected chi connectivity index (χ0v) is 10.4. The standard InChI is InChI=1S/C14H19NO2/c1-3-8-15-9-12(16)14-10(2)11-6-4-5-7-13(11)17-14/h4-7,12,15-16H,3,8-9H2,1-2H3. The van der Waals surface area contributed by atoms with E-state index < -0.39 is 6.10 Å². The van der Waals surface area contributed by atoms with Crippen LogP contribution in [-0.2, 0) is 0 Å². The van der Waals surface area contributed by atoms with Gasteiger partial charge in [0.1, 0.15) is 17.4 Å². The van der Waals surface area contributed by atoms with Crippen molar-refractivity contribution >= 4 is 11.0 Å². The summed E-state index contributed by atoms with van der Waals surface area (Å²) in [6.07, 6.45) is 0.486. The van der Waals surface area contributed by atoms with Crippen molar-refractivity contribution in [2.24, 2.45) is 0 Å². The summed E-state index contributed by atoms with van der Waals surface area (Å²) in [5, 5.41) is 14.3. The summed E-state index contributed by atoms with van der Waals surface area (Å²) in [4.78, 5) is 0. The van der Waals surface area contributed by atoms with Gasteiger partial charge in [-0.1, -0.05) is 25.1 Å². The van der Waals surface area contributed by atoms with Crippen molar-refractivity contribution in [3.05, 3.63) is 35.6 Å². The summed E-state index contributed by atoms with van der Waals surface area (Å²) in [6.45, 7) is 5.54. The maximum atomic E-state index is 10.1. The number of fused-ring (bicyclic) bond motifs is 1. The molecule has 2 aromatic rings. The molecule has 2 N–H and O–H groups in total. The molecule has 0 bridgehead atoms. The van der Waals surface area contributed by atoms with E-state index >= 15 is 0 Å². The third-order valence-electron chi connectivity index (χ3n) is 2.95. The van der Waals surface area contributed by atoms with Gasteiger partial charge in [-0.25, -0.2) is 0 Å². The molecule has 1 aromatic carbocycles. The normalized spacial score (nSPS) is 13.1. The van der Waals surface area contributed by atoms with Crippen molar-refractivity contribution in [1.29, 1.82) is 0 Å². The molecule has 0 aliphatic carbocycles. The number of nitrogens with one attached hydrogen (secondary N) is 1. The van der Waals surface area contributed by atoms with Crippen LogP contribution < -0.4 is 5.32 Å². The van der Waals surface area contributed by atoms with E-state index in [0.29, 0.717) is 12.3 Å². The van der Waals surface area contributed by atoms with Crippen molar-refractivity contribution in [3.8, 4) is 0 Å². The fourth-order valence-electron chi connectivity index (χ4n) is 2.02. The Morgan fingerprint density at radius 3 is 2.82 bits per heavy atom. The number of rotatable bonds is 5. The van der Waals surface area contributed by atoms with Gasteiger partial charge in [-0.15, -0.1) is 0 Å². The Morgan fingerprint density at radius 2 is 2.12 bits per heavy atom. The second-order valence-corrected chi connectivity index (χ2v) is 4.31. The van der Waals surface area contributed by atoms with E-state index in [2.05, 4.69) is 12.2 Å². The quantitative estimate of drug-likeness (QED) is 0.780. The van der Waals surface area contributed by atoms with Gasteiger partial charge in [0.15, 0.2) is 0 Å². The highest BCUT2D eigenvalue weighted by Gasteiger charge is 2.17. The van der Waals surface area contributed by atoms with Crippen molar-refractivity contribution in [2.45, 2.75) is 26.4 Å². The Kier molecular flexibility index (Phi) is 3.82. The number of aryl methyl sites for hydroxylation is 1. The van der Waals surface area contributed by atoms with Crippen molar-refractivity contribution in [1.82, 2.24) is 5.32 Å². The topological polar surface area (TPSA) is 45.4 Å². The number of aliphatic hydroxyl groups is 1. The lowest BCUT2D eigenvalue weighted by Crippen LogP contribution is -2.22. The molecule has 3 nitrogen and oxygen atoms in total. The first-order valence-corrected chi connectivity index (χ1v) is 6.10. The fourth-order valence-corrected chi connectivity index (χ4v) is 2.02. The Labute approximate surface area is 101 Å². The highest BCUT2D eigenvalue weighted by molar-refractivity contribution is 5.81. The van der Waals surface area contributed by atoms with Crippen LogP contribution in [0, 0.1) is 6.92 Å². The van der Waals surface area contributed by atoms with Crippen molar-refractivity contribution in [3.63, 3.8) is 0 Å². The number of hydrogen-bond acceptors (Lipinski definition) is 3. The maximum absolute atomic E-state index is 10.1. The van der Waals surface area contributed by atoms with E-state index in [4.69, 9.17) is 4.42 Å². The van der Waals surface area contributed by atoms with Gasteiger partial charge in [0.05, 0.1) is 0 Å². The molecule has 0 amide bonds. The zero-order valence-electron chi connectivity index (χ0n) is 10.4. The van der Waals surface area contributed by atoms with Crippen LogP contribution in [-0.4, -0.2) is 18.2 Å². The summed E-state index contributed by atoms with van der Waals surface area (Å²) in [5.74, 6) is 0.676. The van der Waals surface area contributed by atoms with Crippen LogP contribution in [0.3, 0.4) is 0 Å². The Balaban J connectivity index is 2.20. The molecule has 17 heavy (non-hydrogen) atoms. The smallest absolute Gasteiger partial charge is 0.138 e. The predicted molar refractivity (Wildman–Crippen MR) is 69.1 cm³/mol.